The number of rotatable bonds is 59. The molecule has 0 aliphatic heterocycles. The van der Waals surface area contributed by atoms with Crippen molar-refractivity contribution < 1.29 is 28.6 Å². The second-order valence-corrected chi connectivity index (χ2v) is 21.6. The van der Waals surface area contributed by atoms with Gasteiger partial charge >= 0.3 is 17.9 Å². The minimum atomic E-state index is -0.802. The van der Waals surface area contributed by atoms with Gasteiger partial charge in [-0.15, -0.1) is 0 Å². The Bertz CT molecular complexity index is 1640. The standard InChI is InChI=1S/C73H122O6/c1-4-7-10-13-16-19-22-25-28-31-33-34-35-36-37-38-40-42-45-48-51-54-57-60-63-66-72(75)78-69-70(68-77-71(74)65-62-59-56-53-50-47-44-41-30-27-24-21-18-15-12-9-6-3)79-73(76)67-64-61-58-55-52-49-46-43-39-32-29-26-23-20-17-14-11-8-5-2/h7,10,16,18-19,21,25-30,33-34,36-37,40,42,48,51,70H,4-6,8-9,11-15,17,20,22-24,31-32,35,38-39,41,43-47,49-50,52-69H2,1-3H3/b10-7-,19-16-,21-18-,28-25-,29-26-,30-27-,34-33-,37-36-,42-40-,51-48-. The van der Waals surface area contributed by atoms with E-state index in [0.29, 0.717) is 19.3 Å². The molecule has 0 amide bonds. The van der Waals surface area contributed by atoms with Gasteiger partial charge in [-0.05, 0) is 135 Å². The third-order valence-electron chi connectivity index (χ3n) is 13.9. The van der Waals surface area contributed by atoms with Crippen LogP contribution in [0.25, 0.3) is 0 Å². The number of unbranched alkanes of at least 4 members (excludes halogenated alkanes) is 28. The molecular weight excluding hydrogens is 973 g/mol. The Labute approximate surface area is 488 Å². The van der Waals surface area contributed by atoms with Crippen molar-refractivity contribution >= 4 is 17.9 Å². The Morgan fingerprint density at radius 2 is 0.494 bits per heavy atom. The predicted molar refractivity (Wildman–Crippen MR) is 343 cm³/mol. The second kappa shape index (κ2) is 66.3. The lowest BCUT2D eigenvalue weighted by molar-refractivity contribution is -0.167. The minimum absolute atomic E-state index is 0.0953. The van der Waals surface area contributed by atoms with Gasteiger partial charge in [0, 0.05) is 19.3 Å². The lowest BCUT2D eigenvalue weighted by atomic mass is 10.1. The van der Waals surface area contributed by atoms with Gasteiger partial charge in [-0.25, -0.2) is 0 Å². The Balaban J connectivity index is 4.46. The molecule has 79 heavy (non-hydrogen) atoms. The first-order valence-electron chi connectivity index (χ1n) is 33.0. The van der Waals surface area contributed by atoms with Gasteiger partial charge < -0.3 is 14.2 Å². The highest BCUT2D eigenvalue weighted by atomic mass is 16.6. The van der Waals surface area contributed by atoms with Crippen LogP contribution in [-0.2, 0) is 28.6 Å². The molecule has 0 aromatic carbocycles. The molecule has 0 aliphatic carbocycles. The summed E-state index contributed by atoms with van der Waals surface area (Å²) in [7, 11) is 0. The van der Waals surface area contributed by atoms with Gasteiger partial charge in [0.25, 0.3) is 0 Å². The van der Waals surface area contributed by atoms with E-state index in [9.17, 15) is 14.4 Å². The van der Waals surface area contributed by atoms with Gasteiger partial charge in [0.05, 0.1) is 0 Å². The number of esters is 3. The number of hydrogen-bond acceptors (Lipinski definition) is 6. The molecule has 0 aromatic heterocycles. The smallest absolute Gasteiger partial charge is 0.306 e. The molecule has 0 spiro atoms. The van der Waals surface area contributed by atoms with Crippen LogP contribution in [0.15, 0.2) is 122 Å². The number of hydrogen-bond donors (Lipinski definition) is 0. The summed E-state index contributed by atoms with van der Waals surface area (Å²) in [6.45, 7) is 6.48. The first-order chi connectivity index (χ1) is 39.0. The highest BCUT2D eigenvalue weighted by molar-refractivity contribution is 5.71. The maximum Gasteiger partial charge on any atom is 0.306 e. The summed E-state index contributed by atoms with van der Waals surface area (Å²) in [5.74, 6) is -0.932. The summed E-state index contributed by atoms with van der Waals surface area (Å²) >= 11 is 0. The fourth-order valence-electron chi connectivity index (χ4n) is 8.98. The molecule has 6 nitrogen and oxygen atoms in total. The Hall–Kier alpha value is -4.19. The van der Waals surface area contributed by atoms with Gasteiger partial charge in [-0.2, -0.15) is 0 Å². The molecule has 6 heteroatoms. The third-order valence-corrected chi connectivity index (χ3v) is 13.9. The molecule has 0 bridgehead atoms. The number of allylic oxidation sites excluding steroid dienone is 20. The van der Waals surface area contributed by atoms with Crippen molar-refractivity contribution in [2.75, 3.05) is 13.2 Å². The van der Waals surface area contributed by atoms with Crippen molar-refractivity contribution in [1.82, 2.24) is 0 Å². The fraction of sp³-hybridized carbons (Fsp3) is 0.685. The van der Waals surface area contributed by atoms with Gasteiger partial charge in [0.1, 0.15) is 13.2 Å². The van der Waals surface area contributed by atoms with Crippen molar-refractivity contribution in [2.24, 2.45) is 0 Å². The van der Waals surface area contributed by atoms with E-state index < -0.39 is 6.10 Å². The largest absolute Gasteiger partial charge is 0.462 e. The van der Waals surface area contributed by atoms with Crippen LogP contribution in [-0.4, -0.2) is 37.2 Å². The molecule has 0 saturated carbocycles. The van der Waals surface area contributed by atoms with Crippen molar-refractivity contribution in [3.05, 3.63) is 122 Å². The fourth-order valence-corrected chi connectivity index (χ4v) is 8.98. The van der Waals surface area contributed by atoms with Crippen LogP contribution >= 0.6 is 0 Å². The molecule has 0 fully saturated rings. The first-order valence-corrected chi connectivity index (χ1v) is 33.0. The number of carbonyl (C=O) groups is 3. The highest BCUT2D eigenvalue weighted by Crippen LogP contribution is 2.15. The summed E-state index contributed by atoms with van der Waals surface area (Å²) in [6.07, 6.45) is 92.0. The van der Waals surface area contributed by atoms with Crippen LogP contribution in [0.5, 0.6) is 0 Å². The maximum absolute atomic E-state index is 12.9. The number of carbonyl (C=O) groups excluding carboxylic acids is 3. The van der Waals surface area contributed by atoms with E-state index in [4.69, 9.17) is 14.2 Å². The van der Waals surface area contributed by atoms with Crippen LogP contribution in [0.3, 0.4) is 0 Å². The monoisotopic (exact) mass is 1090 g/mol. The lowest BCUT2D eigenvalue weighted by Crippen LogP contribution is -2.30. The molecule has 1 unspecified atom stereocenters. The van der Waals surface area contributed by atoms with Crippen molar-refractivity contribution in [3.63, 3.8) is 0 Å². The zero-order valence-electron chi connectivity index (χ0n) is 51.6. The van der Waals surface area contributed by atoms with Crippen LogP contribution in [0.4, 0.5) is 0 Å². The van der Waals surface area contributed by atoms with Crippen molar-refractivity contribution in [2.45, 2.75) is 309 Å². The number of ether oxygens (including phenoxy) is 3. The summed E-state index contributed by atoms with van der Waals surface area (Å²) in [5.41, 5.74) is 0. The van der Waals surface area contributed by atoms with E-state index in [0.717, 1.165) is 122 Å². The Morgan fingerprint density at radius 3 is 0.823 bits per heavy atom. The maximum atomic E-state index is 12.9. The van der Waals surface area contributed by atoms with E-state index in [2.05, 4.69) is 142 Å². The van der Waals surface area contributed by atoms with E-state index in [1.54, 1.807) is 0 Å². The molecule has 0 aromatic rings. The molecule has 0 N–H and O–H groups in total. The zero-order valence-corrected chi connectivity index (χ0v) is 51.6. The van der Waals surface area contributed by atoms with Crippen molar-refractivity contribution in [3.8, 4) is 0 Å². The molecular formula is C73H122O6. The molecule has 1 atom stereocenters. The van der Waals surface area contributed by atoms with Crippen LogP contribution in [0, 0.1) is 0 Å². The molecule has 0 rings (SSSR count). The molecule has 0 saturated heterocycles. The molecule has 450 valence electrons. The highest BCUT2D eigenvalue weighted by Gasteiger charge is 2.19. The molecule has 0 aliphatic rings. The zero-order chi connectivity index (χ0) is 57.1. The van der Waals surface area contributed by atoms with Crippen LogP contribution in [0.2, 0.25) is 0 Å². The SMILES string of the molecule is CC/C=C\C/C=C\C/C=C\C/C=C\C/C=C\C/C=C\C/C=C\CCCCCC(=O)OCC(COC(=O)CCCCCCCCC/C=C\C/C=C\CCCCC)OC(=O)CCCCCCCCCCC/C=C\CCCCCCCC. The van der Waals surface area contributed by atoms with Gasteiger partial charge in [-0.1, -0.05) is 271 Å². The predicted octanol–water partition coefficient (Wildman–Crippen LogP) is 22.8. The summed E-state index contributed by atoms with van der Waals surface area (Å²) in [6, 6.07) is 0. The van der Waals surface area contributed by atoms with E-state index in [1.807, 2.05) is 0 Å². The van der Waals surface area contributed by atoms with Crippen molar-refractivity contribution in [1.29, 1.82) is 0 Å². The first kappa shape index (κ1) is 74.8. The quantitative estimate of drug-likeness (QED) is 0.0261. The molecule has 0 radical (unpaired) electrons. The topological polar surface area (TPSA) is 78.9 Å². The van der Waals surface area contributed by atoms with E-state index in [1.165, 1.54) is 141 Å². The van der Waals surface area contributed by atoms with E-state index in [-0.39, 0.29) is 31.1 Å². The average molecular weight is 1100 g/mol. The van der Waals surface area contributed by atoms with Crippen LogP contribution < -0.4 is 0 Å². The van der Waals surface area contributed by atoms with Gasteiger partial charge in [-0.3, -0.25) is 14.4 Å². The normalized spacial score (nSPS) is 12.9. The Kier molecular flexibility index (Phi) is 62.8. The van der Waals surface area contributed by atoms with Gasteiger partial charge in [0.2, 0.25) is 0 Å². The van der Waals surface area contributed by atoms with E-state index >= 15 is 0 Å². The summed E-state index contributed by atoms with van der Waals surface area (Å²) in [5, 5.41) is 0. The summed E-state index contributed by atoms with van der Waals surface area (Å²) < 4.78 is 16.9. The van der Waals surface area contributed by atoms with Crippen LogP contribution in [0.1, 0.15) is 303 Å². The van der Waals surface area contributed by atoms with Gasteiger partial charge in [0.15, 0.2) is 6.10 Å². The minimum Gasteiger partial charge on any atom is -0.462 e. The molecule has 0 heterocycles. The lowest BCUT2D eigenvalue weighted by Gasteiger charge is -2.18. The summed E-state index contributed by atoms with van der Waals surface area (Å²) in [4.78, 5) is 38.4. The third kappa shape index (κ3) is 64.5. The Morgan fingerprint density at radius 1 is 0.266 bits per heavy atom. The second-order valence-electron chi connectivity index (χ2n) is 21.6. The average Bonchev–Trinajstić information content (AvgIpc) is 3.45.